The van der Waals surface area contributed by atoms with Gasteiger partial charge in [0.15, 0.2) is 0 Å². The Kier molecular flexibility index (Phi) is 5.95. The molecule has 1 amide bonds. The van der Waals surface area contributed by atoms with Crippen molar-refractivity contribution in [2.24, 2.45) is 0 Å². The van der Waals surface area contributed by atoms with E-state index in [9.17, 15) is 13.6 Å². The molecule has 0 saturated carbocycles. The van der Waals surface area contributed by atoms with Gasteiger partial charge < -0.3 is 5.32 Å². The lowest BCUT2D eigenvalue weighted by Gasteiger charge is -2.08. The van der Waals surface area contributed by atoms with E-state index in [1.807, 2.05) is 31.2 Å². The van der Waals surface area contributed by atoms with Crippen molar-refractivity contribution in [3.63, 3.8) is 0 Å². The molecule has 0 aromatic heterocycles. The maximum absolute atomic E-state index is 13.4. The molecule has 0 unspecified atom stereocenters. The Bertz CT molecular complexity index is 661. The number of hydrogen-bond acceptors (Lipinski definition) is 2. The zero-order chi connectivity index (χ0) is 15.9. The average Bonchev–Trinajstić information content (AvgIpc) is 2.48. The third-order valence-corrected chi connectivity index (χ3v) is 4.28. The number of halogens is 2. The lowest BCUT2D eigenvalue weighted by Crippen LogP contribution is -2.27. The third-order valence-electron chi connectivity index (χ3n) is 3.23. The number of thioether (sulfide) groups is 1. The molecular weight excluding hydrogens is 304 g/mol. The molecule has 2 aromatic rings. The van der Waals surface area contributed by atoms with Gasteiger partial charge in [-0.2, -0.15) is 0 Å². The molecule has 0 radical (unpaired) electrons. The Morgan fingerprint density at radius 3 is 2.68 bits per heavy atom. The van der Waals surface area contributed by atoms with Crippen molar-refractivity contribution >= 4 is 17.7 Å². The zero-order valence-electron chi connectivity index (χ0n) is 12.2. The maximum Gasteiger partial charge on any atom is 0.230 e. The molecule has 0 spiro atoms. The van der Waals surface area contributed by atoms with Crippen LogP contribution < -0.4 is 5.32 Å². The summed E-state index contributed by atoms with van der Waals surface area (Å²) >= 11 is 1.06. The predicted octanol–water partition coefficient (Wildman–Crippen LogP) is 3.72. The van der Waals surface area contributed by atoms with Gasteiger partial charge in [-0.3, -0.25) is 4.79 Å². The van der Waals surface area contributed by atoms with Gasteiger partial charge in [-0.25, -0.2) is 8.78 Å². The van der Waals surface area contributed by atoms with E-state index in [0.29, 0.717) is 6.54 Å². The number of carbonyl (C=O) groups is 1. The summed E-state index contributed by atoms with van der Waals surface area (Å²) in [6, 6.07) is 11.4. The fraction of sp³-hybridized carbons (Fsp3) is 0.235. The first-order chi connectivity index (χ1) is 10.6. The molecule has 0 fully saturated rings. The quantitative estimate of drug-likeness (QED) is 0.822. The molecule has 0 bridgehead atoms. The number of hydrogen-bond donors (Lipinski definition) is 1. The molecular formula is C17H17F2NOS. The van der Waals surface area contributed by atoms with Crippen LogP contribution >= 0.6 is 11.8 Å². The lowest BCUT2D eigenvalue weighted by atomic mass is 10.1. The Morgan fingerprint density at radius 1 is 1.18 bits per heavy atom. The minimum absolute atomic E-state index is 0.107. The van der Waals surface area contributed by atoms with Crippen LogP contribution in [0.1, 0.15) is 11.1 Å². The Balaban J connectivity index is 1.75. The fourth-order valence-corrected chi connectivity index (χ4v) is 2.76. The maximum atomic E-state index is 13.4. The van der Waals surface area contributed by atoms with Gasteiger partial charge in [0.25, 0.3) is 0 Å². The first-order valence-electron chi connectivity index (χ1n) is 6.95. The van der Waals surface area contributed by atoms with Crippen LogP contribution in [0, 0.1) is 18.6 Å². The molecule has 0 heterocycles. The van der Waals surface area contributed by atoms with Crippen molar-refractivity contribution in [3.8, 4) is 0 Å². The van der Waals surface area contributed by atoms with E-state index in [1.165, 1.54) is 23.3 Å². The molecule has 116 valence electrons. The molecule has 5 heteroatoms. The molecule has 0 aliphatic rings. The van der Waals surface area contributed by atoms with Gasteiger partial charge in [-0.15, -0.1) is 11.8 Å². The highest BCUT2D eigenvalue weighted by Crippen LogP contribution is 2.21. The van der Waals surface area contributed by atoms with Crippen LogP contribution in [0.4, 0.5) is 8.78 Å². The minimum atomic E-state index is -0.641. The molecule has 0 aliphatic carbocycles. The van der Waals surface area contributed by atoms with E-state index in [2.05, 4.69) is 5.32 Å². The molecule has 2 aromatic carbocycles. The van der Waals surface area contributed by atoms with E-state index < -0.39 is 11.6 Å². The highest BCUT2D eigenvalue weighted by atomic mass is 32.2. The number of benzene rings is 2. The van der Waals surface area contributed by atoms with Crippen LogP contribution in [-0.2, 0) is 11.2 Å². The normalized spacial score (nSPS) is 10.5. The standard InChI is InChI=1S/C17H17F2NOS/c1-12-4-2-3-5-13(12)8-9-20-17(21)11-22-16-7-6-14(18)10-15(16)19/h2-7,10H,8-9,11H2,1H3,(H,20,21). The first-order valence-corrected chi connectivity index (χ1v) is 7.94. The van der Waals surface area contributed by atoms with Gasteiger partial charge >= 0.3 is 0 Å². The number of rotatable bonds is 6. The first kappa shape index (κ1) is 16.5. The molecule has 0 aliphatic heterocycles. The second kappa shape index (κ2) is 7.94. The number of carbonyl (C=O) groups excluding carboxylic acids is 1. The summed E-state index contributed by atoms with van der Waals surface area (Å²) < 4.78 is 26.2. The highest BCUT2D eigenvalue weighted by molar-refractivity contribution is 8.00. The van der Waals surface area contributed by atoms with Crippen molar-refractivity contribution in [3.05, 3.63) is 65.2 Å². The topological polar surface area (TPSA) is 29.1 Å². The summed E-state index contributed by atoms with van der Waals surface area (Å²) in [7, 11) is 0. The molecule has 22 heavy (non-hydrogen) atoms. The van der Waals surface area contributed by atoms with Gasteiger partial charge in [0.1, 0.15) is 11.6 Å². The Morgan fingerprint density at radius 2 is 1.95 bits per heavy atom. The van der Waals surface area contributed by atoms with Crippen LogP contribution in [0.2, 0.25) is 0 Å². The smallest absolute Gasteiger partial charge is 0.230 e. The molecule has 0 saturated heterocycles. The molecule has 2 nitrogen and oxygen atoms in total. The number of amides is 1. The van der Waals surface area contributed by atoms with E-state index in [1.54, 1.807) is 0 Å². The van der Waals surface area contributed by atoms with E-state index in [-0.39, 0.29) is 16.6 Å². The van der Waals surface area contributed by atoms with E-state index in [4.69, 9.17) is 0 Å². The van der Waals surface area contributed by atoms with Gasteiger partial charge in [-0.05, 0) is 36.6 Å². The molecule has 2 rings (SSSR count). The summed E-state index contributed by atoms with van der Waals surface area (Å²) in [6.45, 7) is 2.57. The Hall–Kier alpha value is -1.88. The van der Waals surface area contributed by atoms with Gasteiger partial charge in [0.05, 0.1) is 5.75 Å². The second-order valence-corrected chi connectivity index (χ2v) is 5.91. The molecule has 0 atom stereocenters. The predicted molar refractivity (Wildman–Crippen MR) is 85.0 cm³/mol. The summed E-state index contributed by atoms with van der Waals surface area (Å²) in [5.74, 6) is -1.32. The van der Waals surface area contributed by atoms with Crippen LogP contribution in [0.25, 0.3) is 0 Å². The van der Waals surface area contributed by atoms with Crippen LogP contribution in [0.5, 0.6) is 0 Å². The summed E-state index contributed by atoms with van der Waals surface area (Å²) in [5, 5.41) is 2.80. The van der Waals surface area contributed by atoms with Crippen molar-refractivity contribution in [1.29, 1.82) is 0 Å². The lowest BCUT2D eigenvalue weighted by molar-refractivity contribution is -0.118. The summed E-state index contributed by atoms with van der Waals surface area (Å²) in [6.07, 6.45) is 0.758. The minimum Gasteiger partial charge on any atom is -0.355 e. The van der Waals surface area contributed by atoms with Crippen molar-refractivity contribution in [2.45, 2.75) is 18.2 Å². The highest BCUT2D eigenvalue weighted by Gasteiger charge is 2.08. The van der Waals surface area contributed by atoms with Gasteiger partial charge in [0, 0.05) is 17.5 Å². The van der Waals surface area contributed by atoms with E-state index >= 15 is 0 Å². The monoisotopic (exact) mass is 321 g/mol. The van der Waals surface area contributed by atoms with Crippen LogP contribution in [0.3, 0.4) is 0 Å². The third kappa shape index (κ3) is 4.84. The largest absolute Gasteiger partial charge is 0.355 e. The summed E-state index contributed by atoms with van der Waals surface area (Å²) in [5.41, 5.74) is 2.39. The summed E-state index contributed by atoms with van der Waals surface area (Å²) in [4.78, 5) is 12.0. The van der Waals surface area contributed by atoms with E-state index in [0.717, 1.165) is 24.2 Å². The second-order valence-electron chi connectivity index (χ2n) is 4.89. The number of nitrogens with one attached hydrogen (secondary N) is 1. The van der Waals surface area contributed by atoms with Crippen LogP contribution in [-0.4, -0.2) is 18.2 Å². The van der Waals surface area contributed by atoms with Crippen molar-refractivity contribution in [1.82, 2.24) is 5.32 Å². The van der Waals surface area contributed by atoms with Crippen LogP contribution in [0.15, 0.2) is 47.4 Å². The van der Waals surface area contributed by atoms with Crippen molar-refractivity contribution < 1.29 is 13.6 Å². The van der Waals surface area contributed by atoms with Crippen molar-refractivity contribution in [2.75, 3.05) is 12.3 Å². The van der Waals surface area contributed by atoms with Gasteiger partial charge in [0.2, 0.25) is 5.91 Å². The zero-order valence-corrected chi connectivity index (χ0v) is 13.1. The fourth-order valence-electron chi connectivity index (χ4n) is 2.01. The number of aryl methyl sites for hydroxylation is 1. The van der Waals surface area contributed by atoms with Gasteiger partial charge in [-0.1, -0.05) is 24.3 Å². The average molecular weight is 321 g/mol. The Labute approximate surface area is 132 Å². The SMILES string of the molecule is Cc1ccccc1CCNC(=O)CSc1ccc(F)cc1F. The molecule has 1 N–H and O–H groups in total.